The van der Waals surface area contributed by atoms with Crippen molar-refractivity contribution >= 4 is 11.8 Å². The molecule has 1 aliphatic heterocycles. The summed E-state index contributed by atoms with van der Waals surface area (Å²) in [6.07, 6.45) is 2.36. The Morgan fingerprint density at radius 1 is 1.56 bits per heavy atom. The van der Waals surface area contributed by atoms with Crippen molar-refractivity contribution in [1.82, 2.24) is 10.2 Å². The van der Waals surface area contributed by atoms with Crippen LogP contribution < -0.4 is 4.90 Å². The smallest absolute Gasteiger partial charge is 0.356 e. The van der Waals surface area contributed by atoms with Gasteiger partial charge in [0, 0.05) is 13.1 Å². The van der Waals surface area contributed by atoms with Gasteiger partial charge in [-0.1, -0.05) is 13.3 Å². The Morgan fingerprint density at radius 2 is 2.38 bits per heavy atom. The van der Waals surface area contributed by atoms with Crippen LogP contribution in [0.4, 0.5) is 5.82 Å². The Hall–Kier alpha value is -1.65. The van der Waals surface area contributed by atoms with Gasteiger partial charge in [-0.3, -0.25) is 0 Å². The van der Waals surface area contributed by atoms with Crippen molar-refractivity contribution in [2.75, 3.05) is 18.0 Å². The summed E-state index contributed by atoms with van der Waals surface area (Å²) in [4.78, 5) is 12.8. The molecule has 1 atom stereocenters. The summed E-state index contributed by atoms with van der Waals surface area (Å²) in [5.74, 6) is 0.466. The summed E-state index contributed by atoms with van der Waals surface area (Å²) in [6, 6.07) is 3.23. The normalized spacial score (nSPS) is 20.1. The van der Waals surface area contributed by atoms with Gasteiger partial charge < -0.3 is 10.0 Å². The fraction of sp³-hybridized carbons (Fsp3) is 0.545. The van der Waals surface area contributed by atoms with E-state index in [0.717, 1.165) is 24.8 Å². The lowest BCUT2D eigenvalue weighted by Gasteiger charge is -2.16. The van der Waals surface area contributed by atoms with E-state index in [1.165, 1.54) is 18.9 Å². The molecule has 1 saturated heterocycles. The van der Waals surface area contributed by atoms with Crippen LogP contribution in [0, 0.1) is 5.92 Å². The molecule has 1 aliphatic rings. The number of nitrogens with zero attached hydrogens (tertiary/aromatic N) is 3. The number of hydrogen-bond donors (Lipinski definition) is 1. The Kier molecular flexibility index (Phi) is 3.03. The average Bonchev–Trinajstić information content (AvgIpc) is 2.77. The fourth-order valence-electron chi connectivity index (χ4n) is 1.98. The number of carbonyl (C=O) groups is 1. The monoisotopic (exact) mass is 221 g/mol. The van der Waals surface area contributed by atoms with E-state index in [1.807, 2.05) is 0 Å². The van der Waals surface area contributed by atoms with E-state index in [9.17, 15) is 4.79 Å². The molecule has 2 heterocycles. The topological polar surface area (TPSA) is 66.3 Å². The maximum atomic E-state index is 10.6. The third kappa shape index (κ3) is 2.13. The van der Waals surface area contributed by atoms with Gasteiger partial charge in [0.25, 0.3) is 0 Å². The van der Waals surface area contributed by atoms with Crippen LogP contribution in [0.1, 0.15) is 30.3 Å². The summed E-state index contributed by atoms with van der Waals surface area (Å²) >= 11 is 0. The highest BCUT2D eigenvalue weighted by molar-refractivity contribution is 5.85. The number of hydrogen-bond acceptors (Lipinski definition) is 4. The van der Waals surface area contributed by atoms with E-state index in [2.05, 4.69) is 22.0 Å². The molecule has 0 aliphatic carbocycles. The molecule has 1 N–H and O–H groups in total. The first-order valence-electron chi connectivity index (χ1n) is 5.52. The predicted octanol–water partition coefficient (Wildman–Crippen LogP) is 1.41. The van der Waals surface area contributed by atoms with E-state index in [4.69, 9.17) is 5.11 Å². The van der Waals surface area contributed by atoms with Gasteiger partial charge >= 0.3 is 5.97 Å². The van der Waals surface area contributed by atoms with Gasteiger partial charge in [-0.15, -0.1) is 10.2 Å². The van der Waals surface area contributed by atoms with E-state index < -0.39 is 5.97 Å². The molecular formula is C11H15N3O2. The van der Waals surface area contributed by atoms with Gasteiger partial charge in [-0.25, -0.2) is 4.79 Å². The lowest BCUT2D eigenvalue weighted by atomic mass is 10.1. The first kappa shape index (κ1) is 10.9. The zero-order valence-electron chi connectivity index (χ0n) is 9.26. The molecule has 0 radical (unpaired) electrons. The summed E-state index contributed by atoms with van der Waals surface area (Å²) in [6.45, 7) is 4.17. The third-order valence-electron chi connectivity index (χ3n) is 3.06. The van der Waals surface area contributed by atoms with Gasteiger partial charge in [-0.05, 0) is 24.5 Å². The molecular weight excluding hydrogens is 206 g/mol. The summed E-state index contributed by atoms with van der Waals surface area (Å²) < 4.78 is 0. The van der Waals surface area contributed by atoms with Crippen LogP contribution >= 0.6 is 0 Å². The molecule has 0 saturated carbocycles. The largest absolute Gasteiger partial charge is 0.476 e. The van der Waals surface area contributed by atoms with Crippen LogP contribution in [0.2, 0.25) is 0 Å². The van der Waals surface area contributed by atoms with Crippen molar-refractivity contribution in [3.63, 3.8) is 0 Å². The minimum atomic E-state index is -1.04. The molecule has 16 heavy (non-hydrogen) atoms. The Morgan fingerprint density at radius 3 is 2.88 bits per heavy atom. The van der Waals surface area contributed by atoms with Crippen molar-refractivity contribution < 1.29 is 9.90 Å². The van der Waals surface area contributed by atoms with Crippen LogP contribution in [0.25, 0.3) is 0 Å². The molecule has 5 nitrogen and oxygen atoms in total. The van der Waals surface area contributed by atoms with Crippen LogP contribution in [0.15, 0.2) is 12.1 Å². The van der Waals surface area contributed by atoms with E-state index in [1.54, 1.807) is 6.07 Å². The quantitative estimate of drug-likeness (QED) is 0.836. The fourth-order valence-corrected chi connectivity index (χ4v) is 1.98. The first-order valence-corrected chi connectivity index (χ1v) is 5.52. The van der Waals surface area contributed by atoms with Crippen LogP contribution in [0.3, 0.4) is 0 Å². The highest BCUT2D eigenvalue weighted by Gasteiger charge is 2.22. The summed E-state index contributed by atoms with van der Waals surface area (Å²) in [5, 5.41) is 16.3. The molecule has 0 bridgehead atoms. The van der Waals surface area contributed by atoms with E-state index in [-0.39, 0.29) is 5.69 Å². The van der Waals surface area contributed by atoms with Gasteiger partial charge in [0.15, 0.2) is 11.5 Å². The van der Waals surface area contributed by atoms with Crippen molar-refractivity contribution in [3.05, 3.63) is 17.8 Å². The molecule has 86 valence electrons. The summed E-state index contributed by atoms with van der Waals surface area (Å²) in [5.41, 5.74) is -0.00464. The molecule has 1 unspecified atom stereocenters. The van der Waals surface area contributed by atoms with E-state index in [0.29, 0.717) is 0 Å². The second kappa shape index (κ2) is 4.47. The molecule has 1 aromatic heterocycles. The van der Waals surface area contributed by atoms with Crippen molar-refractivity contribution in [2.24, 2.45) is 5.92 Å². The number of carboxylic acids is 1. The highest BCUT2D eigenvalue weighted by Crippen LogP contribution is 2.23. The highest BCUT2D eigenvalue weighted by atomic mass is 16.4. The first-order chi connectivity index (χ1) is 7.70. The second-order valence-electron chi connectivity index (χ2n) is 4.09. The molecule has 0 aromatic carbocycles. The number of carboxylic acid groups (broad SMARTS) is 1. The van der Waals surface area contributed by atoms with Crippen LogP contribution in [0.5, 0.6) is 0 Å². The minimum absolute atomic E-state index is 0.00464. The molecule has 1 aromatic rings. The zero-order valence-corrected chi connectivity index (χ0v) is 9.26. The van der Waals surface area contributed by atoms with Gasteiger partial charge in [0.1, 0.15) is 0 Å². The van der Waals surface area contributed by atoms with Crippen molar-refractivity contribution in [1.29, 1.82) is 0 Å². The zero-order chi connectivity index (χ0) is 11.5. The van der Waals surface area contributed by atoms with Crippen LogP contribution in [-0.2, 0) is 0 Å². The SMILES string of the molecule is CCC1CCN(c2ccc(C(=O)O)nn2)C1. The van der Waals surface area contributed by atoms with Gasteiger partial charge in [-0.2, -0.15) is 0 Å². The third-order valence-corrected chi connectivity index (χ3v) is 3.06. The van der Waals surface area contributed by atoms with E-state index >= 15 is 0 Å². The summed E-state index contributed by atoms with van der Waals surface area (Å²) in [7, 11) is 0. The lowest BCUT2D eigenvalue weighted by Crippen LogP contribution is -2.21. The van der Waals surface area contributed by atoms with Gasteiger partial charge in [0.2, 0.25) is 0 Å². The number of aromatic nitrogens is 2. The Bertz CT molecular complexity index is 377. The average molecular weight is 221 g/mol. The molecule has 0 spiro atoms. The number of aromatic carboxylic acids is 1. The maximum absolute atomic E-state index is 10.6. The predicted molar refractivity (Wildman–Crippen MR) is 59.6 cm³/mol. The molecule has 1 fully saturated rings. The van der Waals surface area contributed by atoms with Gasteiger partial charge in [0.05, 0.1) is 0 Å². The Balaban J connectivity index is 2.08. The number of anilines is 1. The molecule has 2 rings (SSSR count). The standard InChI is InChI=1S/C11H15N3O2/c1-2-8-5-6-14(7-8)10-4-3-9(11(15)16)12-13-10/h3-4,8H,2,5-7H2,1H3,(H,15,16). The van der Waals surface area contributed by atoms with Crippen molar-refractivity contribution in [2.45, 2.75) is 19.8 Å². The number of rotatable bonds is 3. The van der Waals surface area contributed by atoms with Crippen molar-refractivity contribution in [3.8, 4) is 0 Å². The Labute approximate surface area is 94.1 Å². The second-order valence-corrected chi connectivity index (χ2v) is 4.09. The lowest BCUT2D eigenvalue weighted by molar-refractivity contribution is 0.0689. The minimum Gasteiger partial charge on any atom is -0.476 e. The molecule has 5 heteroatoms. The maximum Gasteiger partial charge on any atom is 0.356 e. The molecule has 0 amide bonds. The van der Waals surface area contributed by atoms with Crippen LogP contribution in [-0.4, -0.2) is 34.4 Å².